The second kappa shape index (κ2) is 5.98. The zero-order chi connectivity index (χ0) is 14.8. The fourth-order valence-electron chi connectivity index (χ4n) is 2.33. The van der Waals surface area contributed by atoms with Gasteiger partial charge in [-0.3, -0.25) is 4.79 Å². The number of amides is 1. The van der Waals surface area contributed by atoms with Gasteiger partial charge in [0.1, 0.15) is 5.82 Å². The Morgan fingerprint density at radius 1 is 1.19 bits per heavy atom. The molecule has 1 saturated carbocycles. The van der Waals surface area contributed by atoms with E-state index in [9.17, 15) is 9.18 Å². The second-order valence-corrected chi connectivity index (χ2v) is 6.13. The molecule has 0 saturated heterocycles. The van der Waals surface area contributed by atoms with Gasteiger partial charge in [-0.25, -0.2) is 4.39 Å². The Bertz CT molecular complexity index is 655. The zero-order valence-corrected chi connectivity index (χ0v) is 13.0. The lowest BCUT2D eigenvalue weighted by Gasteiger charge is -2.22. The van der Waals surface area contributed by atoms with Crippen molar-refractivity contribution in [2.24, 2.45) is 0 Å². The van der Waals surface area contributed by atoms with Crippen LogP contribution in [0.15, 0.2) is 53.0 Å². The summed E-state index contributed by atoms with van der Waals surface area (Å²) in [5.41, 5.74) is 1.49. The highest BCUT2D eigenvalue weighted by Gasteiger charge is 2.33. The van der Waals surface area contributed by atoms with Crippen molar-refractivity contribution in [3.63, 3.8) is 0 Å². The van der Waals surface area contributed by atoms with E-state index in [0.29, 0.717) is 16.6 Å². The van der Waals surface area contributed by atoms with E-state index in [-0.39, 0.29) is 11.9 Å². The maximum atomic E-state index is 13.6. The lowest BCUT2D eigenvalue weighted by molar-refractivity contribution is 0.0729. The fraction of sp³-hybridized carbons (Fsp3) is 0.235. The fourth-order valence-corrected chi connectivity index (χ4v) is 2.57. The summed E-state index contributed by atoms with van der Waals surface area (Å²) in [6, 6.07) is 14.7. The maximum Gasteiger partial charge on any atom is 0.254 e. The molecule has 1 aliphatic rings. The van der Waals surface area contributed by atoms with Crippen LogP contribution in [0.2, 0.25) is 0 Å². The minimum Gasteiger partial charge on any atom is -0.331 e. The molecule has 0 spiro atoms. The first kappa shape index (κ1) is 14.3. The van der Waals surface area contributed by atoms with Gasteiger partial charge in [0, 0.05) is 18.2 Å². The highest BCUT2D eigenvalue weighted by molar-refractivity contribution is 9.10. The van der Waals surface area contributed by atoms with E-state index in [2.05, 4.69) is 15.9 Å². The quantitative estimate of drug-likeness (QED) is 0.802. The Hall–Kier alpha value is -1.68. The predicted molar refractivity (Wildman–Crippen MR) is 83.4 cm³/mol. The van der Waals surface area contributed by atoms with Gasteiger partial charge in [-0.15, -0.1) is 0 Å². The van der Waals surface area contributed by atoms with Crippen LogP contribution < -0.4 is 0 Å². The summed E-state index contributed by atoms with van der Waals surface area (Å²) >= 11 is 3.11. The highest BCUT2D eigenvalue weighted by atomic mass is 79.9. The third-order valence-corrected chi connectivity index (χ3v) is 4.25. The van der Waals surface area contributed by atoms with Gasteiger partial charge in [-0.1, -0.05) is 30.3 Å². The Labute approximate surface area is 131 Å². The average Bonchev–Trinajstić information content (AvgIpc) is 3.33. The summed E-state index contributed by atoms with van der Waals surface area (Å²) in [6.45, 7) is 0.571. The van der Waals surface area contributed by atoms with E-state index in [4.69, 9.17) is 0 Å². The third-order valence-electron chi connectivity index (χ3n) is 3.61. The van der Waals surface area contributed by atoms with Gasteiger partial charge in [0.15, 0.2) is 0 Å². The number of nitrogens with zero attached hydrogens (tertiary/aromatic N) is 1. The SMILES string of the molecule is O=C(c1ccc(Br)c(F)c1)N(Cc1ccccc1)C1CC1. The monoisotopic (exact) mass is 347 g/mol. The van der Waals surface area contributed by atoms with E-state index in [0.717, 1.165) is 18.4 Å². The van der Waals surface area contributed by atoms with Crippen molar-refractivity contribution in [1.29, 1.82) is 0 Å². The Morgan fingerprint density at radius 3 is 2.52 bits per heavy atom. The molecule has 4 heteroatoms. The van der Waals surface area contributed by atoms with Crippen molar-refractivity contribution in [2.45, 2.75) is 25.4 Å². The first-order valence-corrected chi connectivity index (χ1v) is 7.74. The second-order valence-electron chi connectivity index (χ2n) is 5.28. The number of halogens is 2. The molecular formula is C17H15BrFNO. The molecule has 2 aromatic rings. The normalized spacial score (nSPS) is 14.0. The topological polar surface area (TPSA) is 20.3 Å². The summed E-state index contributed by atoms with van der Waals surface area (Å²) in [7, 11) is 0. The largest absolute Gasteiger partial charge is 0.331 e. The molecule has 1 fully saturated rings. The molecule has 0 radical (unpaired) electrons. The van der Waals surface area contributed by atoms with E-state index in [1.54, 1.807) is 12.1 Å². The standard InChI is InChI=1S/C17H15BrFNO/c18-15-9-6-13(10-16(15)19)17(21)20(14-7-8-14)11-12-4-2-1-3-5-12/h1-6,9-10,14H,7-8,11H2. The van der Waals surface area contributed by atoms with Gasteiger partial charge in [0.05, 0.1) is 4.47 Å². The van der Waals surface area contributed by atoms with Gasteiger partial charge in [0.25, 0.3) is 5.91 Å². The molecule has 108 valence electrons. The minimum atomic E-state index is -0.406. The molecule has 0 heterocycles. The Morgan fingerprint density at radius 2 is 1.90 bits per heavy atom. The molecule has 0 aromatic heterocycles. The molecule has 0 atom stereocenters. The number of hydrogen-bond acceptors (Lipinski definition) is 1. The van der Waals surface area contributed by atoms with Crippen LogP contribution in [0.5, 0.6) is 0 Å². The molecule has 0 unspecified atom stereocenters. The summed E-state index contributed by atoms with van der Waals surface area (Å²) in [5.74, 6) is -0.510. The predicted octanol–water partition coefficient (Wildman–Crippen LogP) is 4.39. The molecule has 21 heavy (non-hydrogen) atoms. The average molecular weight is 348 g/mol. The van der Waals surface area contributed by atoms with Crippen molar-refractivity contribution < 1.29 is 9.18 Å². The lowest BCUT2D eigenvalue weighted by Crippen LogP contribution is -2.32. The van der Waals surface area contributed by atoms with Crippen LogP contribution in [-0.4, -0.2) is 16.8 Å². The highest BCUT2D eigenvalue weighted by Crippen LogP contribution is 2.30. The minimum absolute atomic E-state index is 0.104. The molecule has 0 aliphatic heterocycles. The van der Waals surface area contributed by atoms with Crippen molar-refractivity contribution in [3.8, 4) is 0 Å². The molecule has 0 bridgehead atoms. The van der Waals surface area contributed by atoms with Crippen LogP contribution >= 0.6 is 15.9 Å². The van der Waals surface area contributed by atoms with Crippen LogP contribution in [0.3, 0.4) is 0 Å². The number of benzene rings is 2. The maximum absolute atomic E-state index is 13.6. The lowest BCUT2D eigenvalue weighted by atomic mass is 10.1. The van der Waals surface area contributed by atoms with Gasteiger partial charge >= 0.3 is 0 Å². The Kier molecular flexibility index (Phi) is 4.06. The molecule has 0 N–H and O–H groups in total. The summed E-state index contributed by atoms with van der Waals surface area (Å²) in [4.78, 5) is 14.5. The molecule has 2 nitrogen and oxygen atoms in total. The van der Waals surface area contributed by atoms with Gasteiger partial charge in [-0.05, 0) is 52.5 Å². The Balaban J connectivity index is 1.83. The number of hydrogen-bond donors (Lipinski definition) is 0. The van der Waals surface area contributed by atoms with Crippen LogP contribution in [0, 0.1) is 5.82 Å². The van der Waals surface area contributed by atoms with E-state index < -0.39 is 5.82 Å². The van der Waals surface area contributed by atoms with Crippen LogP contribution in [0.1, 0.15) is 28.8 Å². The molecule has 3 rings (SSSR count). The molecule has 1 aliphatic carbocycles. The van der Waals surface area contributed by atoms with Gasteiger partial charge < -0.3 is 4.90 Å². The first-order valence-electron chi connectivity index (χ1n) is 6.95. The van der Waals surface area contributed by atoms with Gasteiger partial charge in [-0.2, -0.15) is 0 Å². The smallest absolute Gasteiger partial charge is 0.254 e. The van der Waals surface area contributed by atoms with Crippen LogP contribution in [0.4, 0.5) is 4.39 Å². The summed E-state index contributed by atoms with van der Waals surface area (Å²) < 4.78 is 14.0. The number of rotatable bonds is 4. The molecular weight excluding hydrogens is 333 g/mol. The zero-order valence-electron chi connectivity index (χ0n) is 11.4. The number of carbonyl (C=O) groups excluding carboxylic acids is 1. The van der Waals surface area contributed by atoms with Crippen molar-refractivity contribution in [3.05, 3.63) is 69.9 Å². The number of carbonyl (C=O) groups is 1. The third kappa shape index (κ3) is 3.32. The van der Waals surface area contributed by atoms with E-state index in [1.807, 2.05) is 35.2 Å². The van der Waals surface area contributed by atoms with Crippen LogP contribution in [0.25, 0.3) is 0 Å². The van der Waals surface area contributed by atoms with Gasteiger partial charge in [0.2, 0.25) is 0 Å². The molecule has 2 aromatic carbocycles. The van der Waals surface area contributed by atoms with Crippen molar-refractivity contribution in [1.82, 2.24) is 4.90 Å². The molecule has 1 amide bonds. The van der Waals surface area contributed by atoms with Crippen molar-refractivity contribution in [2.75, 3.05) is 0 Å². The summed E-state index contributed by atoms with van der Waals surface area (Å²) in [5, 5.41) is 0. The first-order chi connectivity index (χ1) is 10.1. The van der Waals surface area contributed by atoms with Crippen LogP contribution in [-0.2, 0) is 6.54 Å². The van der Waals surface area contributed by atoms with E-state index >= 15 is 0 Å². The van der Waals surface area contributed by atoms with Crippen molar-refractivity contribution >= 4 is 21.8 Å². The van der Waals surface area contributed by atoms with E-state index in [1.165, 1.54) is 6.07 Å². The summed E-state index contributed by atoms with van der Waals surface area (Å²) in [6.07, 6.45) is 2.05.